The molecule has 0 saturated carbocycles. The van der Waals surface area contributed by atoms with Crippen molar-refractivity contribution < 1.29 is 9.90 Å². The third-order valence-corrected chi connectivity index (χ3v) is 3.06. The molecule has 0 aromatic heterocycles. The molecule has 0 bridgehead atoms. The molecule has 1 amide bonds. The molecular formula is C12H15ClN2O2. The van der Waals surface area contributed by atoms with Crippen molar-refractivity contribution in [2.75, 3.05) is 6.54 Å². The fraction of sp³-hybridized carbons (Fsp3) is 0.417. The number of β-amino-alcohol motifs (C(OH)–C–C–N with tert-alkyl or cyclic N) is 1. The Morgan fingerprint density at radius 3 is 2.76 bits per heavy atom. The lowest BCUT2D eigenvalue weighted by Crippen LogP contribution is -2.39. The van der Waals surface area contributed by atoms with Gasteiger partial charge in [-0.05, 0) is 24.1 Å². The average molecular weight is 255 g/mol. The molecule has 1 aliphatic rings. The summed E-state index contributed by atoms with van der Waals surface area (Å²) in [7, 11) is 0. The van der Waals surface area contributed by atoms with E-state index >= 15 is 0 Å². The number of carbonyl (C=O) groups is 1. The molecule has 17 heavy (non-hydrogen) atoms. The molecule has 0 radical (unpaired) electrons. The van der Waals surface area contributed by atoms with Crippen LogP contribution in [0.5, 0.6) is 0 Å². The molecule has 0 spiro atoms. The zero-order valence-electron chi connectivity index (χ0n) is 9.32. The van der Waals surface area contributed by atoms with E-state index in [9.17, 15) is 9.90 Å². The maximum absolute atomic E-state index is 11.7. The molecule has 1 saturated heterocycles. The topological polar surface area (TPSA) is 61.4 Å². The van der Waals surface area contributed by atoms with E-state index in [-0.39, 0.29) is 11.9 Å². The van der Waals surface area contributed by atoms with Gasteiger partial charge in [-0.15, -0.1) is 0 Å². The predicted octanol–water partition coefficient (Wildman–Crippen LogP) is 0.679. The van der Waals surface area contributed by atoms with Gasteiger partial charge in [0.05, 0.1) is 12.1 Å². The second kappa shape index (κ2) is 5.49. The van der Waals surface area contributed by atoms with Crippen molar-refractivity contribution in [1.29, 1.82) is 0 Å². The molecular weight excluding hydrogens is 240 g/mol. The highest BCUT2D eigenvalue weighted by atomic mass is 35.5. The highest BCUT2D eigenvalue weighted by Crippen LogP contribution is 2.10. The third-order valence-electron chi connectivity index (χ3n) is 2.80. The Hall–Kier alpha value is -1.10. The number of nitrogens with one attached hydrogen (secondary N) is 2. The highest BCUT2D eigenvalue weighted by molar-refractivity contribution is 6.30. The Balaban J connectivity index is 1.82. The maximum atomic E-state index is 11.7. The maximum Gasteiger partial charge on any atom is 0.237 e. The molecule has 1 fully saturated rings. The number of amides is 1. The molecule has 0 unspecified atom stereocenters. The van der Waals surface area contributed by atoms with Gasteiger partial charge >= 0.3 is 0 Å². The van der Waals surface area contributed by atoms with Crippen molar-refractivity contribution >= 4 is 17.5 Å². The van der Waals surface area contributed by atoms with Gasteiger partial charge in [-0.3, -0.25) is 4.79 Å². The van der Waals surface area contributed by atoms with Crippen molar-refractivity contribution in [2.45, 2.75) is 25.1 Å². The summed E-state index contributed by atoms with van der Waals surface area (Å²) in [6.45, 7) is 0.962. The Morgan fingerprint density at radius 1 is 1.47 bits per heavy atom. The zero-order valence-corrected chi connectivity index (χ0v) is 10.1. The summed E-state index contributed by atoms with van der Waals surface area (Å²) in [5, 5.41) is 15.8. The van der Waals surface area contributed by atoms with E-state index in [1.54, 1.807) is 12.1 Å². The molecule has 92 valence electrons. The van der Waals surface area contributed by atoms with Crippen LogP contribution in [0.2, 0.25) is 5.02 Å². The van der Waals surface area contributed by atoms with E-state index in [1.165, 1.54) is 0 Å². The Labute approximate surface area is 105 Å². The first kappa shape index (κ1) is 12.4. The second-order valence-electron chi connectivity index (χ2n) is 4.19. The minimum Gasteiger partial charge on any atom is -0.392 e. The number of carbonyl (C=O) groups excluding carboxylic acids is 1. The van der Waals surface area contributed by atoms with E-state index in [2.05, 4.69) is 10.6 Å². The zero-order chi connectivity index (χ0) is 12.3. The van der Waals surface area contributed by atoms with Crippen LogP contribution in [0.4, 0.5) is 0 Å². The van der Waals surface area contributed by atoms with Crippen LogP contribution in [0.25, 0.3) is 0 Å². The van der Waals surface area contributed by atoms with Crippen LogP contribution in [0.15, 0.2) is 24.3 Å². The van der Waals surface area contributed by atoms with Crippen LogP contribution in [0.3, 0.4) is 0 Å². The van der Waals surface area contributed by atoms with Gasteiger partial charge in [0.2, 0.25) is 5.91 Å². The summed E-state index contributed by atoms with van der Waals surface area (Å²) >= 11 is 5.77. The molecule has 3 N–H and O–H groups in total. The van der Waals surface area contributed by atoms with E-state index in [0.29, 0.717) is 24.5 Å². The molecule has 5 heteroatoms. The second-order valence-corrected chi connectivity index (χ2v) is 4.63. The minimum atomic E-state index is -0.415. The van der Waals surface area contributed by atoms with Crippen LogP contribution in [0, 0.1) is 0 Å². The quantitative estimate of drug-likeness (QED) is 0.743. The molecule has 1 aliphatic heterocycles. The van der Waals surface area contributed by atoms with E-state index in [0.717, 1.165) is 5.56 Å². The summed E-state index contributed by atoms with van der Waals surface area (Å²) in [6.07, 6.45) is 0.0631. The van der Waals surface area contributed by atoms with Crippen molar-refractivity contribution in [3.05, 3.63) is 34.9 Å². The van der Waals surface area contributed by atoms with Crippen molar-refractivity contribution in [3.8, 4) is 0 Å². The van der Waals surface area contributed by atoms with Gasteiger partial charge in [-0.2, -0.15) is 0 Å². The Morgan fingerprint density at radius 2 is 2.18 bits per heavy atom. The number of halogens is 1. The van der Waals surface area contributed by atoms with Crippen LogP contribution >= 0.6 is 11.6 Å². The largest absolute Gasteiger partial charge is 0.392 e. The average Bonchev–Trinajstić information content (AvgIpc) is 2.75. The minimum absolute atomic E-state index is 0.0727. The highest BCUT2D eigenvalue weighted by Gasteiger charge is 2.27. The summed E-state index contributed by atoms with van der Waals surface area (Å²) in [5.74, 6) is -0.0727. The smallest absolute Gasteiger partial charge is 0.237 e. The SMILES string of the molecule is O=C(NCc1ccc(Cl)cc1)[C@@H]1C[C@@H](O)CN1. The van der Waals surface area contributed by atoms with Gasteiger partial charge in [0.15, 0.2) is 0 Å². The van der Waals surface area contributed by atoms with Crippen molar-refractivity contribution in [1.82, 2.24) is 10.6 Å². The van der Waals surface area contributed by atoms with Crippen molar-refractivity contribution in [3.63, 3.8) is 0 Å². The number of benzene rings is 1. The van der Waals surface area contributed by atoms with E-state index < -0.39 is 6.10 Å². The van der Waals surface area contributed by atoms with Crippen molar-refractivity contribution in [2.24, 2.45) is 0 Å². The van der Waals surface area contributed by atoms with E-state index in [4.69, 9.17) is 11.6 Å². The third kappa shape index (κ3) is 3.43. The van der Waals surface area contributed by atoms with Gasteiger partial charge in [0.25, 0.3) is 0 Å². The lowest BCUT2D eigenvalue weighted by atomic mass is 10.2. The summed E-state index contributed by atoms with van der Waals surface area (Å²) in [5.41, 5.74) is 1.00. The van der Waals surface area contributed by atoms with Gasteiger partial charge in [0.1, 0.15) is 0 Å². The predicted molar refractivity (Wildman–Crippen MR) is 65.7 cm³/mol. The van der Waals surface area contributed by atoms with Gasteiger partial charge < -0.3 is 15.7 Å². The summed E-state index contributed by atoms with van der Waals surface area (Å²) in [4.78, 5) is 11.7. The first-order chi connectivity index (χ1) is 8.15. The number of aliphatic hydroxyl groups is 1. The normalized spacial score (nSPS) is 23.6. The number of hydrogen-bond acceptors (Lipinski definition) is 3. The van der Waals surface area contributed by atoms with Crippen LogP contribution in [-0.2, 0) is 11.3 Å². The Kier molecular flexibility index (Phi) is 3.99. The molecule has 1 aromatic rings. The molecule has 4 nitrogen and oxygen atoms in total. The number of hydrogen-bond donors (Lipinski definition) is 3. The lowest BCUT2D eigenvalue weighted by molar-refractivity contribution is -0.123. The monoisotopic (exact) mass is 254 g/mol. The van der Waals surface area contributed by atoms with Crippen LogP contribution in [0.1, 0.15) is 12.0 Å². The molecule has 1 heterocycles. The van der Waals surface area contributed by atoms with Gasteiger partial charge in [-0.1, -0.05) is 23.7 Å². The first-order valence-corrected chi connectivity index (χ1v) is 5.96. The summed E-state index contributed by atoms with van der Waals surface area (Å²) in [6, 6.07) is 7.05. The fourth-order valence-electron chi connectivity index (χ4n) is 1.83. The fourth-order valence-corrected chi connectivity index (χ4v) is 1.96. The molecule has 0 aliphatic carbocycles. The standard InChI is InChI=1S/C12H15ClN2O2/c13-9-3-1-8(2-4-9)6-15-12(17)11-5-10(16)7-14-11/h1-4,10-11,14,16H,5-7H2,(H,15,17)/t10-,11+/m1/s1. The Bertz CT molecular complexity index is 394. The lowest BCUT2D eigenvalue weighted by Gasteiger charge is -2.10. The van der Waals surface area contributed by atoms with Crippen LogP contribution in [-0.4, -0.2) is 29.7 Å². The molecule has 1 aromatic carbocycles. The number of aliphatic hydroxyl groups excluding tert-OH is 1. The summed E-state index contributed by atoms with van der Waals surface area (Å²) < 4.78 is 0. The molecule has 2 atom stereocenters. The van der Waals surface area contributed by atoms with Gasteiger partial charge in [0, 0.05) is 18.1 Å². The first-order valence-electron chi connectivity index (χ1n) is 5.59. The van der Waals surface area contributed by atoms with Crippen LogP contribution < -0.4 is 10.6 Å². The molecule has 2 rings (SSSR count). The number of rotatable bonds is 3. The van der Waals surface area contributed by atoms with E-state index in [1.807, 2.05) is 12.1 Å². The van der Waals surface area contributed by atoms with Gasteiger partial charge in [-0.25, -0.2) is 0 Å².